The van der Waals surface area contributed by atoms with Crippen molar-refractivity contribution in [2.75, 3.05) is 0 Å². The molecule has 3 nitrogen and oxygen atoms in total. The summed E-state index contributed by atoms with van der Waals surface area (Å²) in [4.78, 5) is 8.42. The maximum atomic E-state index is 5.76. The normalized spacial score (nSPS) is 13.1. The number of H-pyrrole nitrogens is 1. The number of nitrogens with zero attached hydrogens (tertiary/aromatic N) is 1. The van der Waals surface area contributed by atoms with Gasteiger partial charge in [0.05, 0.1) is 0 Å². The molecule has 0 aromatic carbocycles. The third-order valence-corrected chi connectivity index (χ3v) is 2.97. The molecule has 2 aromatic rings. The van der Waals surface area contributed by atoms with E-state index in [0.29, 0.717) is 0 Å². The number of hydrogen-bond donors (Lipinski definition) is 2. The number of nitrogens with two attached hydrogens (primary N) is 1. The smallest absolute Gasteiger partial charge is 0.138 e. The molecule has 0 aliphatic rings. The van der Waals surface area contributed by atoms with Gasteiger partial charge >= 0.3 is 0 Å². The lowest BCUT2D eigenvalue weighted by molar-refractivity contribution is 0.838. The second-order valence-electron chi connectivity index (χ2n) is 2.96. The standard InChI is InChI=1S/C9H11N3S/c1-6(10)8-4-7(5-13-8)9-11-2-3-12-9/h2-6H,10H2,1H3,(H,11,12). The van der Waals surface area contributed by atoms with E-state index in [1.165, 1.54) is 4.88 Å². The first-order valence-electron chi connectivity index (χ1n) is 4.11. The van der Waals surface area contributed by atoms with Gasteiger partial charge in [-0.05, 0) is 13.0 Å². The second-order valence-corrected chi connectivity index (χ2v) is 3.91. The van der Waals surface area contributed by atoms with Gasteiger partial charge in [-0.2, -0.15) is 0 Å². The van der Waals surface area contributed by atoms with Crippen molar-refractivity contribution in [2.45, 2.75) is 13.0 Å². The van der Waals surface area contributed by atoms with Gasteiger partial charge in [-0.3, -0.25) is 0 Å². The van der Waals surface area contributed by atoms with Crippen molar-refractivity contribution in [3.8, 4) is 11.4 Å². The maximum Gasteiger partial charge on any atom is 0.138 e. The lowest BCUT2D eigenvalue weighted by Gasteiger charge is -1.97. The van der Waals surface area contributed by atoms with Crippen LogP contribution in [0.15, 0.2) is 23.8 Å². The fourth-order valence-electron chi connectivity index (χ4n) is 1.14. The van der Waals surface area contributed by atoms with E-state index in [9.17, 15) is 0 Å². The van der Waals surface area contributed by atoms with Gasteiger partial charge in [-0.25, -0.2) is 4.98 Å². The number of aromatic amines is 1. The summed E-state index contributed by atoms with van der Waals surface area (Å²) >= 11 is 1.67. The molecule has 1 atom stereocenters. The number of aromatic nitrogens is 2. The highest BCUT2D eigenvalue weighted by molar-refractivity contribution is 7.10. The summed E-state index contributed by atoms with van der Waals surface area (Å²) in [5, 5.41) is 2.07. The quantitative estimate of drug-likeness (QED) is 0.767. The Morgan fingerprint density at radius 2 is 2.46 bits per heavy atom. The van der Waals surface area contributed by atoms with Crippen LogP contribution >= 0.6 is 11.3 Å². The van der Waals surface area contributed by atoms with E-state index in [1.54, 1.807) is 17.5 Å². The molecular weight excluding hydrogens is 182 g/mol. The summed E-state index contributed by atoms with van der Waals surface area (Å²) in [6.45, 7) is 1.98. The topological polar surface area (TPSA) is 54.7 Å². The van der Waals surface area contributed by atoms with E-state index in [2.05, 4.69) is 21.4 Å². The Morgan fingerprint density at radius 3 is 3.00 bits per heavy atom. The summed E-state index contributed by atoms with van der Waals surface area (Å²) in [5.74, 6) is 0.906. The first kappa shape index (κ1) is 8.47. The minimum absolute atomic E-state index is 0.105. The van der Waals surface area contributed by atoms with Crippen molar-refractivity contribution in [2.24, 2.45) is 5.73 Å². The number of hydrogen-bond acceptors (Lipinski definition) is 3. The largest absolute Gasteiger partial charge is 0.345 e. The number of thiophene rings is 1. The first-order valence-corrected chi connectivity index (χ1v) is 4.99. The fraction of sp³-hybridized carbons (Fsp3) is 0.222. The summed E-state index contributed by atoms with van der Waals surface area (Å²) in [7, 11) is 0. The van der Waals surface area contributed by atoms with Crippen LogP contribution in [0.5, 0.6) is 0 Å². The van der Waals surface area contributed by atoms with Crippen molar-refractivity contribution in [3.05, 3.63) is 28.7 Å². The highest BCUT2D eigenvalue weighted by atomic mass is 32.1. The average molecular weight is 193 g/mol. The minimum Gasteiger partial charge on any atom is -0.345 e. The molecule has 2 heterocycles. The molecule has 0 aliphatic heterocycles. The highest BCUT2D eigenvalue weighted by Gasteiger charge is 2.06. The monoisotopic (exact) mass is 193 g/mol. The summed E-state index contributed by atoms with van der Waals surface area (Å²) in [6, 6.07) is 2.18. The van der Waals surface area contributed by atoms with Crippen molar-refractivity contribution in [1.82, 2.24) is 9.97 Å². The van der Waals surface area contributed by atoms with E-state index in [-0.39, 0.29) is 6.04 Å². The first-order chi connectivity index (χ1) is 6.27. The van der Waals surface area contributed by atoms with Gasteiger partial charge in [0.1, 0.15) is 5.82 Å². The Bertz CT molecular complexity index is 375. The molecule has 3 N–H and O–H groups in total. The molecule has 68 valence electrons. The molecule has 0 radical (unpaired) electrons. The molecule has 2 aromatic heterocycles. The predicted octanol–water partition coefficient (Wildman–Crippen LogP) is 2.16. The van der Waals surface area contributed by atoms with Crippen LogP contribution in [0.3, 0.4) is 0 Å². The Balaban J connectivity index is 2.33. The van der Waals surface area contributed by atoms with Gasteiger partial charge in [-0.1, -0.05) is 0 Å². The molecule has 0 bridgehead atoms. The Hall–Kier alpha value is -1.13. The summed E-state index contributed by atoms with van der Waals surface area (Å²) in [5.41, 5.74) is 6.87. The van der Waals surface area contributed by atoms with Crippen LogP contribution in [-0.4, -0.2) is 9.97 Å². The zero-order valence-electron chi connectivity index (χ0n) is 7.32. The maximum absolute atomic E-state index is 5.76. The SMILES string of the molecule is CC(N)c1cc(-c2ncc[nH]2)cs1. The van der Waals surface area contributed by atoms with Crippen molar-refractivity contribution in [3.63, 3.8) is 0 Å². The second kappa shape index (κ2) is 3.32. The number of nitrogens with one attached hydrogen (secondary N) is 1. The summed E-state index contributed by atoms with van der Waals surface area (Å²) in [6.07, 6.45) is 3.57. The molecule has 1 unspecified atom stereocenters. The molecule has 13 heavy (non-hydrogen) atoms. The molecule has 4 heteroatoms. The third kappa shape index (κ3) is 1.64. The zero-order chi connectivity index (χ0) is 9.26. The van der Waals surface area contributed by atoms with E-state index in [1.807, 2.05) is 13.1 Å². The average Bonchev–Trinajstić information content (AvgIpc) is 2.75. The molecule has 0 fully saturated rings. The molecule has 2 rings (SSSR count). The molecule has 0 amide bonds. The van der Waals surface area contributed by atoms with Crippen LogP contribution < -0.4 is 5.73 Å². The lowest BCUT2D eigenvalue weighted by atomic mass is 10.2. The number of rotatable bonds is 2. The lowest BCUT2D eigenvalue weighted by Crippen LogP contribution is -2.01. The number of imidazole rings is 1. The summed E-state index contributed by atoms with van der Waals surface area (Å²) < 4.78 is 0. The van der Waals surface area contributed by atoms with Crippen LogP contribution in [0.4, 0.5) is 0 Å². The van der Waals surface area contributed by atoms with Gasteiger partial charge in [0, 0.05) is 34.3 Å². The van der Waals surface area contributed by atoms with Crippen LogP contribution in [0.2, 0.25) is 0 Å². The predicted molar refractivity (Wildman–Crippen MR) is 54.5 cm³/mol. The molecular formula is C9H11N3S. The molecule has 0 spiro atoms. The molecule has 0 aliphatic carbocycles. The van der Waals surface area contributed by atoms with Crippen LogP contribution in [0.25, 0.3) is 11.4 Å². The minimum atomic E-state index is 0.105. The van der Waals surface area contributed by atoms with Gasteiger partial charge in [0.25, 0.3) is 0 Å². The highest BCUT2D eigenvalue weighted by Crippen LogP contribution is 2.25. The zero-order valence-corrected chi connectivity index (χ0v) is 8.14. The van der Waals surface area contributed by atoms with E-state index >= 15 is 0 Å². The third-order valence-electron chi connectivity index (χ3n) is 1.84. The van der Waals surface area contributed by atoms with E-state index in [4.69, 9.17) is 5.73 Å². The Labute approximate surface area is 80.6 Å². The van der Waals surface area contributed by atoms with Crippen molar-refractivity contribution in [1.29, 1.82) is 0 Å². The fourth-order valence-corrected chi connectivity index (χ4v) is 1.99. The van der Waals surface area contributed by atoms with Crippen molar-refractivity contribution < 1.29 is 0 Å². The van der Waals surface area contributed by atoms with Gasteiger partial charge in [0.15, 0.2) is 0 Å². The van der Waals surface area contributed by atoms with Crippen LogP contribution in [-0.2, 0) is 0 Å². The van der Waals surface area contributed by atoms with E-state index in [0.717, 1.165) is 11.4 Å². The van der Waals surface area contributed by atoms with Gasteiger partial charge < -0.3 is 10.7 Å². The van der Waals surface area contributed by atoms with Crippen LogP contribution in [0.1, 0.15) is 17.8 Å². The van der Waals surface area contributed by atoms with Gasteiger partial charge in [0.2, 0.25) is 0 Å². The Morgan fingerprint density at radius 1 is 1.62 bits per heavy atom. The van der Waals surface area contributed by atoms with Gasteiger partial charge in [-0.15, -0.1) is 11.3 Å². The molecule has 0 saturated heterocycles. The van der Waals surface area contributed by atoms with Crippen LogP contribution in [0, 0.1) is 0 Å². The molecule has 0 saturated carbocycles. The Kier molecular flexibility index (Phi) is 2.16. The van der Waals surface area contributed by atoms with E-state index < -0.39 is 0 Å². The van der Waals surface area contributed by atoms with Crippen molar-refractivity contribution >= 4 is 11.3 Å².